The Bertz CT molecular complexity index is 453. The Morgan fingerprint density at radius 2 is 2.21 bits per heavy atom. The molecule has 1 saturated carbocycles. The van der Waals surface area contributed by atoms with E-state index in [-0.39, 0.29) is 24.4 Å². The number of hydrogen-bond donors (Lipinski definition) is 2. The summed E-state index contributed by atoms with van der Waals surface area (Å²) in [6.07, 6.45) is 3.82. The zero-order valence-electron chi connectivity index (χ0n) is 11.0. The number of nitrogens with two attached hydrogens (primary N) is 1. The van der Waals surface area contributed by atoms with Crippen molar-refractivity contribution in [3.8, 4) is 0 Å². The van der Waals surface area contributed by atoms with E-state index in [1.807, 2.05) is 25.1 Å². The van der Waals surface area contributed by atoms with Crippen molar-refractivity contribution >= 4 is 39.9 Å². The number of benzene rings is 1. The zero-order valence-corrected chi connectivity index (χ0v) is 13.4. The molecule has 0 saturated heterocycles. The van der Waals surface area contributed by atoms with Crippen LogP contribution in [0.5, 0.6) is 0 Å². The maximum Gasteiger partial charge on any atom is 0.224 e. The molecule has 106 valence electrons. The van der Waals surface area contributed by atoms with E-state index >= 15 is 0 Å². The van der Waals surface area contributed by atoms with Crippen molar-refractivity contribution in [1.29, 1.82) is 0 Å². The van der Waals surface area contributed by atoms with Gasteiger partial charge in [0.2, 0.25) is 5.91 Å². The molecule has 3 N–H and O–H groups in total. The van der Waals surface area contributed by atoms with Crippen molar-refractivity contribution < 1.29 is 4.79 Å². The summed E-state index contributed by atoms with van der Waals surface area (Å²) in [5.41, 5.74) is 7.95. The second-order valence-electron chi connectivity index (χ2n) is 5.07. The highest BCUT2D eigenvalue weighted by molar-refractivity contribution is 9.10. The molecule has 0 radical (unpaired) electrons. The first-order valence-electron chi connectivity index (χ1n) is 6.38. The summed E-state index contributed by atoms with van der Waals surface area (Å²) in [4.78, 5) is 11.9. The summed E-state index contributed by atoms with van der Waals surface area (Å²) < 4.78 is 1.05. The van der Waals surface area contributed by atoms with Gasteiger partial charge in [-0.1, -0.05) is 22.4 Å². The molecule has 1 aromatic carbocycles. The summed E-state index contributed by atoms with van der Waals surface area (Å²) in [5, 5.41) is 2.94. The third-order valence-corrected chi connectivity index (χ3v) is 4.50. The van der Waals surface area contributed by atoms with Gasteiger partial charge in [-0.15, -0.1) is 12.4 Å². The largest absolute Gasteiger partial charge is 0.327 e. The quantitative estimate of drug-likeness (QED) is 0.877. The van der Waals surface area contributed by atoms with Crippen LogP contribution in [0.25, 0.3) is 0 Å². The van der Waals surface area contributed by atoms with E-state index in [2.05, 4.69) is 21.2 Å². The molecule has 2 atom stereocenters. The van der Waals surface area contributed by atoms with E-state index in [0.717, 1.165) is 35.0 Å². The van der Waals surface area contributed by atoms with Gasteiger partial charge >= 0.3 is 0 Å². The van der Waals surface area contributed by atoms with Crippen molar-refractivity contribution in [2.45, 2.75) is 38.6 Å². The standard InChI is InChI=1S/C14H19BrN2O.ClH/c1-9-7-11(5-6-12(9)15)17-14(18)8-10-3-2-4-13(10)16;/h5-7,10,13H,2-4,8,16H2,1H3,(H,17,18);1H/t10-,13+;/m0./s1. The van der Waals surface area contributed by atoms with Gasteiger partial charge in [-0.25, -0.2) is 0 Å². The first-order valence-corrected chi connectivity index (χ1v) is 7.17. The highest BCUT2D eigenvalue weighted by atomic mass is 79.9. The van der Waals surface area contributed by atoms with Crippen LogP contribution in [0.1, 0.15) is 31.2 Å². The highest BCUT2D eigenvalue weighted by Crippen LogP contribution is 2.27. The summed E-state index contributed by atoms with van der Waals surface area (Å²) in [7, 11) is 0. The predicted molar refractivity (Wildman–Crippen MR) is 84.7 cm³/mol. The molecular weight excluding hydrogens is 328 g/mol. The zero-order chi connectivity index (χ0) is 13.1. The van der Waals surface area contributed by atoms with Gasteiger partial charge in [0.25, 0.3) is 0 Å². The van der Waals surface area contributed by atoms with Gasteiger partial charge in [-0.3, -0.25) is 4.79 Å². The number of halogens is 2. The number of hydrogen-bond acceptors (Lipinski definition) is 2. The van der Waals surface area contributed by atoms with Crippen LogP contribution in [0.15, 0.2) is 22.7 Å². The Morgan fingerprint density at radius 3 is 2.79 bits per heavy atom. The lowest BCUT2D eigenvalue weighted by Gasteiger charge is -2.15. The minimum absolute atomic E-state index is 0. The SMILES string of the molecule is Cc1cc(NC(=O)C[C@@H]2CCC[C@H]2N)ccc1Br.Cl. The lowest BCUT2D eigenvalue weighted by Crippen LogP contribution is -2.28. The van der Waals surface area contributed by atoms with Gasteiger partial charge in [0.15, 0.2) is 0 Å². The topological polar surface area (TPSA) is 55.1 Å². The minimum Gasteiger partial charge on any atom is -0.327 e. The van der Waals surface area contributed by atoms with Crippen LogP contribution in [0.3, 0.4) is 0 Å². The molecule has 0 spiro atoms. The fourth-order valence-corrected chi connectivity index (χ4v) is 2.74. The summed E-state index contributed by atoms with van der Waals surface area (Å²) >= 11 is 3.45. The fourth-order valence-electron chi connectivity index (χ4n) is 2.49. The van der Waals surface area contributed by atoms with E-state index in [1.165, 1.54) is 0 Å². The summed E-state index contributed by atoms with van der Waals surface area (Å²) in [6.45, 7) is 2.01. The van der Waals surface area contributed by atoms with E-state index in [1.54, 1.807) is 0 Å². The van der Waals surface area contributed by atoms with Gasteiger partial charge in [0.1, 0.15) is 0 Å². The molecule has 1 fully saturated rings. The van der Waals surface area contributed by atoms with Crippen molar-refractivity contribution in [2.24, 2.45) is 11.7 Å². The number of anilines is 1. The number of rotatable bonds is 3. The third kappa shape index (κ3) is 4.48. The maximum atomic E-state index is 11.9. The van der Waals surface area contributed by atoms with Gasteiger partial charge in [0, 0.05) is 22.6 Å². The second-order valence-corrected chi connectivity index (χ2v) is 5.93. The number of carbonyl (C=O) groups excluding carboxylic acids is 1. The van der Waals surface area contributed by atoms with Crippen molar-refractivity contribution in [3.63, 3.8) is 0 Å². The molecule has 5 heteroatoms. The Kier molecular flexibility index (Phi) is 6.30. The fraction of sp³-hybridized carbons (Fsp3) is 0.500. The van der Waals surface area contributed by atoms with Gasteiger partial charge in [-0.2, -0.15) is 0 Å². The lowest BCUT2D eigenvalue weighted by atomic mass is 10.00. The number of carbonyl (C=O) groups is 1. The molecule has 1 amide bonds. The first kappa shape index (κ1) is 16.5. The average molecular weight is 348 g/mol. The molecule has 0 aliphatic heterocycles. The molecule has 3 nitrogen and oxygen atoms in total. The van der Waals surface area contributed by atoms with Crippen LogP contribution in [-0.2, 0) is 4.79 Å². The number of nitrogens with one attached hydrogen (secondary N) is 1. The van der Waals surface area contributed by atoms with Crippen molar-refractivity contribution in [1.82, 2.24) is 0 Å². The Morgan fingerprint density at radius 1 is 1.47 bits per heavy atom. The van der Waals surface area contributed by atoms with Gasteiger partial charge in [-0.05, 0) is 49.4 Å². The van der Waals surface area contributed by atoms with E-state index in [9.17, 15) is 4.79 Å². The molecule has 0 unspecified atom stereocenters. The normalized spacial score (nSPS) is 21.8. The predicted octanol–water partition coefficient (Wildman–Crippen LogP) is 3.64. The van der Waals surface area contributed by atoms with Crippen LogP contribution in [0, 0.1) is 12.8 Å². The molecule has 1 aromatic rings. The van der Waals surface area contributed by atoms with E-state index in [0.29, 0.717) is 12.3 Å². The number of aryl methyl sites for hydroxylation is 1. The second kappa shape index (κ2) is 7.27. The maximum absolute atomic E-state index is 11.9. The van der Waals surface area contributed by atoms with E-state index < -0.39 is 0 Å². The van der Waals surface area contributed by atoms with E-state index in [4.69, 9.17) is 5.73 Å². The molecule has 1 aliphatic carbocycles. The molecular formula is C14H20BrClN2O. The molecule has 19 heavy (non-hydrogen) atoms. The average Bonchev–Trinajstić information content (AvgIpc) is 2.70. The van der Waals surface area contributed by atoms with Crippen LogP contribution >= 0.6 is 28.3 Å². The molecule has 1 aliphatic rings. The third-order valence-electron chi connectivity index (χ3n) is 3.61. The molecule has 0 bridgehead atoms. The molecule has 0 heterocycles. The Balaban J connectivity index is 0.00000180. The number of amides is 1. The molecule has 2 rings (SSSR count). The van der Waals surface area contributed by atoms with Crippen LogP contribution in [0.4, 0.5) is 5.69 Å². The van der Waals surface area contributed by atoms with Gasteiger partial charge in [0.05, 0.1) is 0 Å². The smallest absolute Gasteiger partial charge is 0.224 e. The highest BCUT2D eigenvalue weighted by Gasteiger charge is 2.25. The summed E-state index contributed by atoms with van der Waals surface area (Å²) in [5.74, 6) is 0.417. The summed E-state index contributed by atoms with van der Waals surface area (Å²) in [6, 6.07) is 6.02. The first-order chi connectivity index (χ1) is 8.56. The minimum atomic E-state index is 0. The van der Waals surface area contributed by atoms with Crippen molar-refractivity contribution in [3.05, 3.63) is 28.2 Å². The Hall–Kier alpha value is -0.580. The Labute approximate surface area is 128 Å². The van der Waals surface area contributed by atoms with Crippen LogP contribution < -0.4 is 11.1 Å². The van der Waals surface area contributed by atoms with Crippen molar-refractivity contribution in [2.75, 3.05) is 5.32 Å². The van der Waals surface area contributed by atoms with Gasteiger partial charge < -0.3 is 11.1 Å². The van der Waals surface area contributed by atoms with Crippen LogP contribution in [-0.4, -0.2) is 11.9 Å². The van der Waals surface area contributed by atoms with Crippen LogP contribution in [0.2, 0.25) is 0 Å². The monoisotopic (exact) mass is 346 g/mol. The molecule has 0 aromatic heterocycles. The lowest BCUT2D eigenvalue weighted by molar-refractivity contribution is -0.117.